The number of β-amino-alcohol motifs (C(OH)–C–C–N with tert-alkyl or cyclic N) is 1. The topological polar surface area (TPSA) is 110 Å². The molecule has 1 heterocycles. The SMILES string of the molecule is COC(=O)CCS(=O)(=O)N1CC(O)CC1C(=O)OC. The minimum absolute atomic E-state index is 0.00979. The van der Waals surface area contributed by atoms with E-state index < -0.39 is 39.9 Å². The van der Waals surface area contributed by atoms with Gasteiger partial charge in [0.05, 0.1) is 32.5 Å². The van der Waals surface area contributed by atoms with Gasteiger partial charge < -0.3 is 14.6 Å². The van der Waals surface area contributed by atoms with Crippen LogP contribution in [0.25, 0.3) is 0 Å². The van der Waals surface area contributed by atoms with E-state index in [9.17, 15) is 23.1 Å². The molecular weight excluding hydrogens is 278 g/mol. The number of hydrogen-bond acceptors (Lipinski definition) is 7. The zero-order chi connectivity index (χ0) is 14.6. The van der Waals surface area contributed by atoms with Crippen molar-refractivity contribution in [3.05, 3.63) is 0 Å². The minimum Gasteiger partial charge on any atom is -0.469 e. The summed E-state index contributed by atoms with van der Waals surface area (Å²) in [4.78, 5) is 22.4. The molecule has 110 valence electrons. The molecule has 2 atom stereocenters. The summed E-state index contributed by atoms with van der Waals surface area (Å²) in [6, 6.07) is -1.04. The molecule has 1 aliphatic rings. The first kappa shape index (κ1) is 15.9. The van der Waals surface area contributed by atoms with Crippen LogP contribution >= 0.6 is 0 Å². The van der Waals surface area contributed by atoms with E-state index in [1.54, 1.807) is 0 Å². The van der Waals surface area contributed by atoms with Crippen molar-refractivity contribution < 1.29 is 32.6 Å². The van der Waals surface area contributed by atoms with Gasteiger partial charge in [-0.05, 0) is 0 Å². The molecule has 2 unspecified atom stereocenters. The van der Waals surface area contributed by atoms with Crippen LogP contribution in [0.5, 0.6) is 0 Å². The van der Waals surface area contributed by atoms with Crippen LogP contribution in [0.3, 0.4) is 0 Å². The molecule has 1 fully saturated rings. The van der Waals surface area contributed by atoms with Gasteiger partial charge in [-0.3, -0.25) is 9.59 Å². The summed E-state index contributed by atoms with van der Waals surface area (Å²) in [5.74, 6) is -1.85. The van der Waals surface area contributed by atoms with Crippen LogP contribution in [0.2, 0.25) is 0 Å². The molecule has 1 N–H and O–H groups in total. The maximum Gasteiger partial charge on any atom is 0.324 e. The number of carbonyl (C=O) groups excluding carboxylic acids is 2. The summed E-state index contributed by atoms with van der Waals surface area (Å²) < 4.78 is 33.8. The molecule has 1 saturated heterocycles. The highest BCUT2D eigenvalue weighted by atomic mass is 32.2. The van der Waals surface area contributed by atoms with Crippen molar-refractivity contribution in [3.8, 4) is 0 Å². The van der Waals surface area contributed by atoms with E-state index in [0.717, 1.165) is 18.5 Å². The predicted octanol–water partition coefficient (Wildman–Crippen LogP) is -1.51. The second-order valence-electron chi connectivity index (χ2n) is 4.14. The molecule has 0 aromatic carbocycles. The van der Waals surface area contributed by atoms with E-state index in [-0.39, 0.29) is 19.4 Å². The summed E-state index contributed by atoms with van der Waals surface area (Å²) in [5.41, 5.74) is 0. The third-order valence-electron chi connectivity index (χ3n) is 2.86. The smallest absolute Gasteiger partial charge is 0.324 e. The number of sulfonamides is 1. The summed E-state index contributed by atoms with van der Waals surface area (Å²) >= 11 is 0. The van der Waals surface area contributed by atoms with Crippen LogP contribution in [0, 0.1) is 0 Å². The Morgan fingerprint density at radius 2 is 1.95 bits per heavy atom. The van der Waals surface area contributed by atoms with Crippen LogP contribution in [-0.2, 0) is 29.1 Å². The predicted molar refractivity (Wildman–Crippen MR) is 63.6 cm³/mol. The van der Waals surface area contributed by atoms with Gasteiger partial charge in [-0.25, -0.2) is 8.42 Å². The van der Waals surface area contributed by atoms with E-state index in [0.29, 0.717) is 0 Å². The number of hydrogen-bond donors (Lipinski definition) is 1. The van der Waals surface area contributed by atoms with E-state index in [1.807, 2.05) is 0 Å². The number of esters is 2. The fraction of sp³-hybridized carbons (Fsp3) is 0.800. The first-order valence-electron chi connectivity index (χ1n) is 5.64. The summed E-state index contributed by atoms with van der Waals surface area (Å²) in [7, 11) is -1.53. The highest BCUT2D eigenvalue weighted by molar-refractivity contribution is 7.89. The third kappa shape index (κ3) is 3.88. The van der Waals surface area contributed by atoms with Gasteiger partial charge in [-0.1, -0.05) is 0 Å². The second kappa shape index (κ2) is 6.31. The Labute approximate surface area is 111 Å². The highest BCUT2D eigenvalue weighted by Gasteiger charge is 2.43. The van der Waals surface area contributed by atoms with Crippen molar-refractivity contribution >= 4 is 22.0 Å². The molecule has 0 aromatic heterocycles. The average Bonchev–Trinajstić information content (AvgIpc) is 2.78. The Balaban J connectivity index is 2.80. The molecule has 0 bridgehead atoms. The van der Waals surface area contributed by atoms with Gasteiger partial charge in [-0.2, -0.15) is 4.31 Å². The second-order valence-corrected chi connectivity index (χ2v) is 6.18. The zero-order valence-electron chi connectivity index (χ0n) is 10.7. The van der Waals surface area contributed by atoms with Crippen molar-refractivity contribution in [2.75, 3.05) is 26.5 Å². The van der Waals surface area contributed by atoms with Gasteiger partial charge in [0.2, 0.25) is 10.0 Å². The lowest BCUT2D eigenvalue weighted by Gasteiger charge is -2.21. The Morgan fingerprint density at radius 1 is 1.32 bits per heavy atom. The van der Waals surface area contributed by atoms with Gasteiger partial charge in [0.25, 0.3) is 0 Å². The lowest BCUT2D eigenvalue weighted by Crippen LogP contribution is -2.42. The molecule has 0 radical (unpaired) electrons. The largest absolute Gasteiger partial charge is 0.469 e. The van der Waals surface area contributed by atoms with Crippen molar-refractivity contribution in [3.63, 3.8) is 0 Å². The molecule has 0 amide bonds. The van der Waals surface area contributed by atoms with E-state index in [4.69, 9.17) is 0 Å². The average molecular weight is 295 g/mol. The summed E-state index contributed by atoms with van der Waals surface area (Å²) in [5, 5.41) is 9.50. The van der Waals surface area contributed by atoms with Crippen molar-refractivity contribution in [2.45, 2.75) is 25.0 Å². The summed E-state index contributed by atoms with van der Waals surface area (Å²) in [6.07, 6.45) is -1.24. The monoisotopic (exact) mass is 295 g/mol. The van der Waals surface area contributed by atoms with E-state index >= 15 is 0 Å². The number of aliphatic hydroxyl groups excluding tert-OH is 1. The van der Waals surface area contributed by atoms with Gasteiger partial charge in [-0.15, -0.1) is 0 Å². The van der Waals surface area contributed by atoms with E-state index in [1.165, 1.54) is 0 Å². The van der Waals surface area contributed by atoms with Gasteiger partial charge in [0, 0.05) is 13.0 Å². The molecule has 9 heteroatoms. The van der Waals surface area contributed by atoms with Crippen molar-refractivity contribution in [2.24, 2.45) is 0 Å². The Hall–Kier alpha value is -1.19. The molecular formula is C10H17NO7S. The number of ether oxygens (including phenoxy) is 2. The van der Waals surface area contributed by atoms with Gasteiger partial charge in [0.1, 0.15) is 6.04 Å². The maximum atomic E-state index is 12.0. The van der Waals surface area contributed by atoms with Crippen LogP contribution < -0.4 is 0 Å². The number of methoxy groups -OCH3 is 2. The molecule has 1 rings (SSSR count). The zero-order valence-corrected chi connectivity index (χ0v) is 11.6. The van der Waals surface area contributed by atoms with Crippen LogP contribution in [-0.4, -0.2) is 68.4 Å². The van der Waals surface area contributed by atoms with Crippen molar-refractivity contribution in [1.82, 2.24) is 4.31 Å². The van der Waals surface area contributed by atoms with Crippen molar-refractivity contribution in [1.29, 1.82) is 0 Å². The van der Waals surface area contributed by atoms with Gasteiger partial charge >= 0.3 is 11.9 Å². The third-order valence-corrected chi connectivity index (χ3v) is 4.69. The maximum absolute atomic E-state index is 12.0. The molecule has 19 heavy (non-hydrogen) atoms. The van der Waals surface area contributed by atoms with E-state index in [2.05, 4.69) is 9.47 Å². The number of rotatable bonds is 5. The highest BCUT2D eigenvalue weighted by Crippen LogP contribution is 2.23. The Kier molecular flexibility index (Phi) is 5.27. The number of nitrogens with zero attached hydrogens (tertiary/aromatic N) is 1. The lowest BCUT2D eigenvalue weighted by atomic mass is 10.2. The fourth-order valence-electron chi connectivity index (χ4n) is 1.87. The number of carbonyl (C=O) groups is 2. The quantitative estimate of drug-likeness (QED) is 0.614. The molecule has 8 nitrogen and oxygen atoms in total. The molecule has 0 saturated carbocycles. The number of aliphatic hydroxyl groups is 1. The Bertz CT molecular complexity index is 447. The standard InChI is InChI=1S/C10H17NO7S/c1-17-9(13)3-4-19(15,16)11-6-7(12)5-8(11)10(14)18-2/h7-8,12H,3-6H2,1-2H3. The molecule has 0 aromatic rings. The molecule has 1 aliphatic heterocycles. The first-order chi connectivity index (χ1) is 8.81. The first-order valence-corrected chi connectivity index (χ1v) is 7.25. The fourth-order valence-corrected chi connectivity index (χ4v) is 3.49. The van der Waals surface area contributed by atoms with Crippen LogP contribution in [0.4, 0.5) is 0 Å². The minimum atomic E-state index is -3.83. The molecule has 0 spiro atoms. The Morgan fingerprint density at radius 3 is 2.47 bits per heavy atom. The molecule has 0 aliphatic carbocycles. The summed E-state index contributed by atoms with van der Waals surface area (Å²) in [6.45, 7) is -0.177. The van der Waals surface area contributed by atoms with Gasteiger partial charge in [0.15, 0.2) is 0 Å². The van der Waals surface area contributed by atoms with Crippen LogP contribution in [0.1, 0.15) is 12.8 Å². The normalized spacial score (nSPS) is 24.2. The lowest BCUT2D eigenvalue weighted by molar-refractivity contribution is -0.144. The van der Waals surface area contributed by atoms with Crippen LogP contribution in [0.15, 0.2) is 0 Å².